The zero-order valence-electron chi connectivity index (χ0n) is 14.6. The molecule has 7 nitrogen and oxygen atoms in total. The van der Waals surface area contributed by atoms with Gasteiger partial charge in [-0.05, 0) is 30.5 Å². The summed E-state index contributed by atoms with van der Waals surface area (Å²) in [4.78, 5) is 8.56. The molecule has 0 unspecified atom stereocenters. The molecule has 2 N–H and O–H groups in total. The van der Waals surface area contributed by atoms with Crippen LogP contribution in [0.1, 0.15) is 12.0 Å². The van der Waals surface area contributed by atoms with Crippen molar-refractivity contribution in [3.8, 4) is 0 Å². The van der Waals surface area contributed by atoms with Gasteiger partial charge in [-0.25, -0.2) is 13.4 Å². The van der Waals surface area contributed by atoms with Crippen LogP contribution < -0.4 is 10.6 Å². The lowest BCUT2D eigenvalue weighted by molar-refractivity contribution is 0.602. The Bertz CT molecular complexity index is 768. The molecule has 1 heterocycles. The van der Waals surface area contributed by atoms with E-state index in [9.17, 15) is 8.42 Å². The number of imidazole rings is 1. The molecule has 8 heteroatoms. The van der Waals surface area contributed by atoms with Gasteiger partial charge in [-0.15, -0.1) is 0 Å². The first-order chi connectivity index (χ1) is 12.0. The molecule has 0 aliphatic heterocycles. The molecule has 2 rings (SSSR count). The third-order valence-electron chi connectivity index (χ3n) is 3.73. The summed E-state index contributed by atoms with van der Waals surface area (Å²) in [6.45, 7) is 2.46. The van der Waals surface area contributed by atoms with Crippen LogP contribution in [0.25, 0.3) is 0 Å². The van der Waals surface area contributed by atoms with E-state index in [2.05, 4.69) is 20.6 Å². The van der Waals surface area contributed by atoms with Crippen LogP contribution in [-0.4, -0.2) is 50.3 Å². The number of hydrogen-bond donors (Lipinski definition) is 2. The number of aliphatic imine (C=N–C) groups is 1. The van der Waals surface area contributed by atoms with Gasteiger partial charge in [-0.1, -0.05) is 12.1 Å². The van der Waals surface area contributed by atoms with Crippen molar-refractivity contribution in [3.05, 3.63) is 48.5 Å². The zero-order valence-corrected chi connectivity index (χ0v) is 15.5. The number of sulfone groups is 1. The lowest BCUT2D eigenvalue weighted by Gasteiger charge is -2.12. The van der Waals surface area contributed by atoms with E-state index in [1.54, 1.807) is 25.4 Å². The van der Waals surface area contributed by atoms with Crippen LogP contribution in [0.5, 0.6) is 0 Å². The SMILES string of the molecule is CN=C(NCCCn1ccnc1)NCCc1ccc(S(C)(=O)=O)cc1. The fraction of sp³-hybridized carbons (Fsp3) is 0.412. The number of hydrogen-bond acceptors (Lipinski definition) is 4. The highest BCUT2D eigenvalue weighted by Gasteiger charge is 2.06. The lowest BCUT2D eigenvalue weighted by atomic mass is 10.1. The number of nitrogens with one attached hydrogen (secondary N) is 2. The number of aromatic nitrogens is 2. The number of guanidine groups is 1. The second-order valence-electron chi connectivity index (χ2n) is 5.75. The number of nitrogens with zero attached hydrogens (tertiary/aromatic N) is 3. The summed E-state index contributed by atoms with van der Waals surface area (Å²) in [5, 5.41) is 6.53. The van der Waals surface area contributed by atoms with Crippen molar-refractivity contribution in [1.29, 1.82) is 0 Å². The van der Waals surface area contributed by atoms with Crippen LogP contribution in [0.2, 0.25) is 0 Å². The van der Waals surface area contributed by atoms with Crippen LogP contribution in [0.4, 0.5) is 0 Å². The summed E-state index contributed by atoms with van der Waals surface area (Å²) < 4.78 is 24.9. The van der Waals surface area contributed by atoms with Gasteiger partial charge in [-0.2, -0.15) is 0 Å². The molecular weight excluding hydrogens is 338 g/mol. The second-order valence-corrected chi connectivity index (χ2v) is 7.76. The maximum Gasteiger partial charge on any atom is 0.190 e. The summed E-state index contributed by atoms with van der Waals surface area (Å²) in [5.74, 6) is 0.762. The first-order valence-corrected chi connectivity index (χ1v) is 10.1. The zero-order chi connectivity index (χ0) is 18.1. The van der Waals surface area contributed by atoms with E-state index in [4.69, 9.17) is 0 Å². The monoisotopic (exact) mass is 363 g/mol. The molecule has 2 aromatic rings. The normalized spacial score (nSPS) is 12.2. The van der Waals surface area contributed by atoms with Crippen molar-refractivity contribution < 1.29 is 8.42 Å². The van der Waals surface area contributed by atoms with E-state index in [0.29, 0.717) is 4.90 Å². The fourth-order valence-corrected chi connectivity index (χ4v) is 2.97. The summed E-state index contributed by atoms with van der Waals surface area (Å²) in [6.07, 6.45) is 8.51. The van der Waals surface area contributed by atoms with Crippen molar-refractivity contribution in [2.45, 2.75) is 24.3 Å². The minimum Gasteiger partial charge on any atom is -0.356 e. The number of rotatable bonds is 8. The Morgan fingerprint density at radius 1 is 1.20 bits per heavy atom. The van der Waals surface area contributed by atoms with Crippen LogP contribution >= 0.6 is 0 Å². The molecule has 25 heavy (non-hydrogen) atoms. The molecular formula is C17H25N5O2S. The fourth-order valence-electron chi connectivity index (χ4n) is 2.34. The molecule has 0 atom stereocenters. The number of benzene rings is 1. The van der Waals surface area contributed by atoms with Crippen LogP contribution in [0, 0.1) is 0 Å². The van der Waals surface area contributed by atoms with Gasteiger partial charge in [0.25, 0.3) is 0 Å². The maximum absolute atomic E-state index is 11.4. The van der Waals surface area contributed by atoms with E-state index in [1.807, 2.05) is 29.2 Å². The average Bonchev–Trinajstić information content (AvgIpc) is 3.10. The Hall–Kier alpha value is -2.35. The van der Waals surface area contributed by atoms with Crippen LogP contribution in [0.3, 0.4) is 0 Å². The first kappa shape index (κ1) is 19.0. The molecule has 0 radical (unpaired) electrons. The van der Waals surface area contributed by atoms with Gasteiger partial charge in [0.05, 0.1) is 11.2 Å². The molecule has 0 amide bonds. The Morgan fingerprint density at radius 2 is 1.92 bits per heavy atom. The second kappa shape index (κ2) is 9.22. The van der Waals surface area contributed by atoms with Gasteiger partial charge < -0.3 is 15.2 Å². The predicted octanol–water partition coefficient (Wildman–Crippen LogP) is 1.08. The summed E-state index contributed by atoms with van der Waals surface area (Å²) >= 11 is 0. The molecule has 1 aromatic heterocycles. The third-order valence-corrected chi connectivity index (χ3v) is 4.85. The summed E-state index contributed by atoms with van der Waals surface area (Å²) in [6, 6.07) is 6.99. The highest BCUT2D eigenvalue weighted by Crippen LogP contribution is 2.10. The average molecular weight is 363 g/mol. The quantitative estimate of drug-likeness (QED) is 0.416. The van der Waals surface area contributed by atoms with Crippen molar-refractivity contribution in [1.82, 2.24) is 20.2 Å². The maximum atomic E-state index is 11.4. The van der Waals surface area contributed by atoms with Crippen molar-refractivity contribution in [2.75, 3.05) is 26.4 Å². The summed E-state index contributed by atoms with van der Waals surface area (Å²) in [7, 11) is -1.39. The molecule has 0 saturated heterocycles. The smallest absolute Gasteiger partial charge is 0.190 e. The lowest BCUT2D eigenvalue weighted by Crippen LogP contribution is -2.38. The van der Waals surface area contributed by atoms with Gasteiger partial charge in [-0.3, -0.25) is 4.99 Å². The van der Waals surface area contributed by atoms with E-state index in [0.717, 1.165) is 44.0 Å². The minimum absolute atomic E-state index is 0.347. The van der Waals surface area contributed by atoms with Crippen LogP contribution in [0.15, 0.2) is 52.9 Å². The predicted molar refractivity (Wildman–Crippen MR) is 99.5 cm³/mol. The molecule has 1 aromatic carbocycles. The van der Waals surface area contributed by atoms with E-state index >= 15 is 0 Å². The minimum atomic E-state index is -3.14. The Kier molecular flexibility index (Phi) is 7.00. The van der Waals surface area contributed by atoms with Crippen LogP contribution in [-0.2, 0) is 22.8 Å². The van der Waals surface area contributed by atoms with Gasteiger partial charge in [0.15, 0.2) is 15.8 Å². The van der Waals surface area contributed by atoms with Crippen molar-refractivity contribution in [2.24, 2.45) is 4.99 Å². The standard InChI is InChI=1S/C17H25N5O2S/c1-18-17(20-9-3-12-22-13-11-19-14-22)21-10-8-15-4-6-16(7-5-15)25(2,23)24/h4-7,11,13-14H,3,8-10,12H2,1-2H3,(H2,18,20,21). The van der Waals surface area contributed by atoms with Gasteiger partial charge in [0.2, 0.25) is 0 Å². The van der Waals surface area contributed by atoms with Crippen molar-refractivity contribution in [3.63, 3.8) is 0 Å². The molecule has 0 saturated carbocycles. The topological polar surface area (TPSA) is 88.4 Å². The first-order valence-electron chi connectivity index (χ1n) is 8.18. The van der Waals surface area contributed by atoms with Gasteiger partial charge >= 0.3 is 0 Å². The Balaban J connectivity index is 1.68. The molecule has 0 aliphatic rings. The van der Waals surface area contributed by atoms with Gasteiger partial charge in [0, 0.05) is 45.3 Å². The van der Waals surface area contributed by atoms with E-state index < -0.39 is 9.84 Å². The Morgan fingerprint density at radius 3 is 2.52 bits per heavy atom. The highest BCUT2D eigenvalue weighted by atomic mass is 32.2. The molecule has 136 valence electrons. The van der Waals surface area contributed by atoms with E-state index in [-0.39, 0.29) is 0 Å². The molecule has 0 fully saturated rings. The largest absolute Gasteiger partial charge is 0.356 e. The summed E-state index contributed by atoms with van der Waals surface area (Å²) in [5.41, 5.74) is 1.08. The highest BCUT2D eigenvalue weighted by molar-refractivity contribution is 7.90. The molecule has 0 aliphatic carbocycles. The molecule has 0 bridgehead atoms. The van der Waals surface area contributed by atoms with Crippen molar-refractivity contribution >= 4 is 15.8 Å². The van der Waals surface area contributed by atoms with E-state index in [1.165, 1.54) is 6.26 Å². The third kappa shape index (κ3) is 6.58. The van der Waals surface area contributed by atoms with Gasteiger partial charge in [0.1, 0.15) is 0 Å². The molecule has 0 spiro atoms. The Labute approximate surface area is 149 Å². The number of aryl methyl sites for hydroxylation is 1.